The van der Waals surface area contributed by atoms with Gasteiger partial charge in [0.2, 0.25) is 0 Å². The Morgan fingerprint density at radius 2 is 1.67 bits per heavy atom. The Bertz CT molecular complexity index is 667. The molecule has 1 fully saturated rings. The van der Waals surface area contributed by atoms with Gasteiger partial charge in [-0.15, -0.1) is 0 Å². The Kier molecular flexibility index (Phi) is 4.18. The van der Waals surface area contributed by atoms with Crippen molar-refractivity contribution in [2.45, 2.75) is 0 Å². The lowest BCUT2D eigenvalue weighted by Crippen LogP contribution is -2.36. The molecule has 0 N–H and O–H groups in total. The highest BCUT2D eigenvalue weighted by Gasteiger charge is 2.16. The van der Waals surface area contributed by atoms with Crippen molar-refractivity contribution in [2.24, 2.45) is 0 Å². The molecule has 3 rings (SSSR count). The van der Waals surface area contributed by atoms with E-state index in [1.54, 1.807) is 6.07 Å². The summed E-state index contributed by atoms with van der Waals surface area (Å²) in [6.07, 6.45) is 0. The van der Waals surface area contributed by atoms with E-state index in [1.807, 2.05) is 36.4 Å². The molecular weight excluding hydrogens is 265 g/mol. The van der Waals surface area contributed by atoms with Crippen LogP contribution >= 0.6 is 0 Å². The van der Waals surface area contributed by atoms with Crippen molar-refractivity contribution in [1.82, 2.24) is 0 Å². The van der Waals surface area contributed by atoms with Gasteiger partial charge in [0.05, 0.1) is 24.5 Å². The third kappa shape index (κ3) is 3.24. The van der Waals surface area contributed by atoms with Gasteiger partial charge in [-0.25, -0.2) is 4.39 Å². The SMILES string of the molecule is Fc1cccc(N2CCOCC2)c1C#Cc1ccccc1. The van der Waals surface area contributed by atoms with Crippen LogP contribution in [0.4, 0.5) is 10.1 Å². The van der Waals surface area contributed by atoms with Crippen molar-refractivity contribution >= 4 is 5.69 Å². The summed E-state index contributed by atoms with van der Waals surface area (Å²) >= 11 is 0. The van der Waals surface area contributed by atoms with Crippen molar-refractivity contribution in [3.05, 3.63) is 65.5 Å². The molecule has 2 nitrogen and oxygen atoms in total. The highest BCUT2D eigenvalue weighted by molar-refractivity contribution is 5.62. The number of anilines is 1. The number of hydrogen-bond donors (Lipinski definition) is 0. The molecular formula is C18H16FNO. The minimum atomic E-state index is -0.276. The van der Waals surface area contributed by atoms with E-state index in [9.17, 15) is 4.39 Å². The molecule has 3 heteroatoms. The number of rotatable bonds is 1. The Labute approximate surface area is 124 Å². The number of nitrogens with zero attached hydrogens (tertiary/aromatic N) is 1. The average Bonchev–Trinajstić information content (AvgIpc) is 2.55. The Balaban J connectivity index is 1.96. The van der Waals surface area contributed by atoms with Crippen LogP contribution in [0.1, 0.15) is 11.1 Å². The summed E-state index contributed by atoms with van der Waals surface area (Å²) in [6, 6.07) is 14.7. The van der Waals surface area contributed by atoms with E-state index in [0.29, 0.717) is 18.8 Å². The third-order valence-electron chi connectivity index (χ3n) is 3.45. The monoisotopic (exact) mass is 281 g/mol. The first-order chi connectivity index (χ1) is 10.3. The topological polar surface area (TPSA) is 12.5 Å². The van der Waals surface area contributed by atoms with Gasteiger partial charge in [-0.2, -0.15) is 0 Å². The van der Waals surface area contributed by atoms with E-state index in [0.717, 1.165) is 24.3 Å². The summed E-state index contributed by atoms with van der Waals surface area (Å²) in [5.41, 5.74) is 2.19. The highest BCUT2D eigenvalue weighted by atomic mass is 19.1. The van der Waals surface area contributed by atoms with E-state index in [2.05, 4.69) is 16.7 Å². The van der Waals surface area contributed by atoms with E-state index < -0.39 is 0 Å². The predicted molar refractivity (Wildman–Crippen MR) is 81.9 cm³/mol. The van der Waals surface area contributed by atoms with Crippen LogP contribution in [-0.2, 0) is 4.74 Å². The molecule has 1 aliphatic heterocycles. The van der Waals surface area contributed by atoms with Gasteiger partial charge in [0, 0.05) is 18.7 Å². The van der Waals surface area contributed by atoms with Gasteiger partial charge < -0.3 is 9.64 Å². The number of ether oxygens (including phenoxy) is 1. The van der Waals surface area contributed by atoms with Crippen LogP contribution in [0.25, 0.3) is 0 Å². The number of benzene rings is 2. The maximum atomic E-state index is 14.1. The summed E-state index contributed by atoms with van der Waals surface area (Å²) in [7, 11) is 0. The molecule has 0 amide bonds. The Hall–Kier alpha value is -2.31. The fraction of sp³-hybridized carbons (Fsp3) is 0.222. The van der Waals surface area contributed by atoms with Gasteiger partial charge in [-0.05, 0) is 24.3 Å². The van der Waals surface area contributed by atoms with E-state index in [-0.39, 0.29) is 5.82 Å². The van der Waals surface area contributed by atoms with Gasteiger partial charge in [0.15, 0.2) is 0 Å². The van der Waals surface area contributed by atoms with Crippen molar-refractivity contribution in [3.63, 3.8) is 0 Å². The van der Waals surface area contributed by atoms with Gasteiger partial charge in [-0.3, -0.25) is 0 Å². The molecule has 0 saturated carbocycles. The van der Waals surface area contributed by atoms with Gasteiger partial charge in [0.1, 0.15) is 5.82 Å². The molecule has 0 spiro atoms. The van der Waals surface area contributed by atoms with Crippen LogP contribution in [0, 0.1) is 17.7 Å². The van der Waals surface area contributed by atoms with E-state index in [1.165, 1.54) is 6.07 Å². The average molecular weight is 281 g/mol. The van der Waals surface area contributed by atoms with Crippen molar-refractivity contribution < 1.29 is 9.13 Å². The molecule has 0 aromatic heterocycles. The summed E-state index contributed by atoms with van der Waals surface area (Å²) in [5, 5.41) is 0. The van der Waals surface area contributed by atoms with Crippen LogP contribution in [0.5, 0.6) is 0 Å². The summed E-state index contributed by atoms with van der Waals surface area (Å²) < 4.78 is 19.5. The lowest BCUT2D eigenvalue weighted by atomic mass is 10.1. The zero-order chi connectivity index (χ0) is 14.5. The number of morpholine rings is 1. The van der Waals surface area contributed by atoms with Crippen LogP contribution in [-0.4, -0.2) is 26.3 Å². The smallest absolute Gasteiger partial charge is 0.140 e. The first-order valence-electron chi connectivity index (χ1n) is 7.03. The molecule has 21 heavy (non-hydrogen) atoms. The molecule has 2 aromatic carbocycles. The van der Waals surface area contributed by atoms with Crippen molar-refractivity contribution in [1.29, 1.82) is 0 Å². The molecule has 106 valence electrons. The molecule has 1 heterocycles. The normalized spacial score (nSPS) is 14.4. The van der Waals surface area contributed by atoms with Gasteiger partial charge in [-0.1, -0.05) is 36.1 Å². The lowest BCUT2D eigenvalue weighted by molar-refractivity contribution is 0.122. The minimum absolute atomic E-state index is 0.276. The number of hydrogen-bond acceptors (Lipinski definition) is 2. The second-order valence-electron chi connectivity index (χ2n) is 4.85. The Morgan fingerprint density at radius 3 is 2.43 bits per heavy atom. The van der Waals surface area contributed by atoms with Crippen LogP contribution < -0.4 is 4.90 Å². The first kappa shape index (κ1) is 13.7. The van der Waals surface area contributed by atoms with Crippen LogP contribution in [0.3, 0.4) is 0 Å². The van der Waals surface area contributed by atoms with E-state index >= 15 is 0 Å². The molecule has 1 saturated heterocycles. The summed E-state index contributed by atoms with van der Waals surface area (Å²) in [4.78, 5) is 2.13. The van der Waals surface area contributed by atoms with Crippen molar-refractivity contribution in [2.75, 3.05) is 31.2 Å². The molecule has 1 aliphatic rings. The zero-order valence-electron chi connectivity index (χ0n) is 11.7. The zero-order valence-corrected chi connectivity index (χ0v) is 11.7. The second kappa shape index (κ2) is 6.43. The molecule has 0 aliphatic carbocycles. The van der Waals surface area contributed by atoms with Crippen LogP contribution in [0.15, 0.2) is 48.5 Å². The highest BCUT2D eigenvalue weighted by Crippen LogP contribution is 2.23. The molecule has 0 unspecified atom stereocenters. The lowest BCUT2D eigenvalue weighted by Gasteiger charge is -2.29. The first-order valence-corrected chi connectivity index (χ1v) is 7.03. The van der Waals surface area contributed by atoms with E-state index in [4.69, 9.17) is 4.74 Å². The molecule has 0 bridgehead atoms. The molecule has 0 radical (unpaired) electrons. The van der Waals surface area contributed by atoms with Gasteiger partial charge >= 0.3 is 0 Å². The predicted octanol–water partition coefficient (Wildman–Crippen LogP) is 3.06. The third-order valence-corrected chi connectivity index (χ3v) is 3.45. The Morgan fingerprint density at radius 1 is 0.905 bits per heavy atom. The fourth-order valence-corrected chi connectivity index (χ4v) is 2.36. The van der Waals surface area contributed by atoms with Crippen LogP contribution in [0.2, 0.25) is 0 Å². The molecule has 2 aromatic rings. The molecule has 0 atom stereocenters. The maximum absolute atomic E-state index is 14.1. The van der Waals surface area contributed by atoms with Gasteiger partial charge in [0.25, 0.3) is 0 Å². The quantitative estimate of drug-likeness (QED) is 0.745. The largest absolute Gasteiger partial charge is 0.378 e. The maximum Gasteiger partial charge on any atom is 0.140 e. The fourth-order valence-electron chi connectivity index (χ4n) is 2.36. The minimum Gasteiger partial charge on any atom is -0.378 e. The second-order valence-corrected chi connectivity index (χ2v) is 4.85. The standard InChI is InChI=1S/C18H16FNO/c19-17-7-4-8-18(20-11-13-21-14-12-20)16(17)10-9-15-5-2-1-3-6-15/h1-8H,11-14H2. The number of halogens is 1. The van der Waals surface area contributed by atoms with Crippen molar-refractivity contribution in [3.8, 4) is 11.8 Å². The summed E-state index contributed by atoms with van der Waals surface area (Å²) in [5.74, 6) is 5.75. The summed E-state index contributed by atoms with van der Waals surface area (Å²) in [6.45, 7) is 2.87.